The predicted octanol–water partition coefficient (Wildman–Crippen LogP) is 6.94. The van der Waals surface area contributed by atoms with Gasteiger partial charge in [-0.25, -0.2) is 4.79 Å². The third kappa shape index (κ3) is 5.57. The van der Waals surface area contributed by atoms with E-state index in [0.29, 0.717) is 34.6 Å². The first-order valence-electron chi connectivity index (χ1n) is 10.1. The fourth-order valence-corrected chi connectivity index (χ4v) is 3.70. The van der Waals surface area contributed by atoms with E-state index in [2.05, 4.69) is 26.0 Å². The molecule has 1 aliphatic heterocycles. The van der Waals surface area contributed by atoms with Gasteiger partial charge in [-0.15, -0.1) is 0 Å². The molecular formula is C25H31ClO4. The Balaban J connectivity index is 2.62. The molecule has 0 fully saturated rings. The Morgan fingerprint density at radius 3 is 2.57 bits per heavy atom. The second-order valence-corrected chi connectivity index (χ2v) is 8.65. The summed E-state index contributed by atoms with van der Waals surface area (Å²) in [5.74, 6) is 0.595. The van der Waals surface area contributed by atoms with Gasteiger partial charge in [-0.05, 0) is 69.4 Å². The minimum absolute atomic E-state index is 0.307. The maximum atomic E-state index is 10.8. The molecule has 0 unspecified atom stereocenters. The largest absolute Gasteiger partial charge is 0.492 e. The van der Waals surface area contributed by atoms with E-state index in [4.69, 9.17) is 26.2 Å². The second kappa shape index (κ2) is 9.57. The zero-order chi connectivity index (χ0) is 22.6. The van der Waals surface area contributed by atoms with Gasteiger partial charge in [0, 0.05) is 17.2 Å². The van der Waals surface area contributed by atoms with Gasteiger partial charge in [0.2, 0.25) is 0 Å². The van der Waals surface area contributed by atoms with Crippen LogP contribution in [0.4, 0.5) is 0 Å². The van der Waals surface area contributed by atoms with Crippen LogP contribution in [0.15, 0.2) is 42.0 Å². The summed E-state index contributed by atoms with van der Waals surface area (Å²) < 4.78 is 12.1. The highest BCUT2D eigenvalue weighted by atomic mass is 35.5. The fraction of sp³-hybridized carbons (Fsp3) is 0.400. The lowest BCUT2D eigenvalue weighted by atomic mass is 9.86. The Hall–Kier alpha value is -2.46. The van der Waals surface area contributed by atoms with Crippen LogP contribution in [0.25, 0.3) is 11.1 Å². The highest BCUT2D eigenvalue weighted by Gasteiger charge is 2.32. The maximum absolute atomic E-state index is 10.8. The Bertz CT molecular complexity index is 946. The number of carboxylic acids is 1. The van der Waals surface area contributed by atoms with Crippen molar-refractivity contribution in [3.05, 3.63) is 58.2 Å². The number of hydrogen-bond donors (Lipinski definition) is 1. The van der Waals surface area contributed by atoms with Crippen LogP contribution in [-0.2, 0) is 4.79 Å². The zero-order valence-electron chi connectivity index (χ0n) is 18.8. The van der Waals surface area contributed by atoms with Crippen LogP contribution in [0, 0.1) is 5.92 Å². The number of halogens is 1. The summed E-state index contributed by atoms with van der Waals surface area (Å²) in [4.78, 5) is 10.8. The Morgan fingerprint density at radius 2 is 2.00 bits per heavy atom. The molecule has 0 radical (unpaired) electrons. The van der Waals surface area contributed by atoms with Gasteiger partial charge in [0.15, 0.2) is 5.75 Å². The Labute approximate surface area is 184 Å². The van der Waals surface area contributed by atoms with Gasteiger partial charge < -0.3 is 14.6 Å². The number of allylic oxidation sites excluding steroid dienone is 6. The van der Waals surface area contributed by atoms with E-state index in [-0.39, 0.29) is 0 Å². The van der Waals surface area contributed by atoms with Crippen molar-refractivity contribution in [2.75, 3.05) is 6.61 Å². The molecule has 0 bridgehead atoms. The first-order valence-corrected chi connectivity index (χ1v) is 10.5. The molecule has 0 saturated carbocycles. The van der Waals surface area contributed by atoms with Gasteiger partial charge in [-0.3, -0.25) is 0 Å². The summed E-state index contributed by atoms with van der Waals surface area (Å²) >= 11 is 6.80. The van der Waals surface area contributed by atoms with Crippen LogP contribution in [0.1, 0.15) is 59.6 Å². The van der Waals surface area contributed by atoms with Crippen molar-refractivity contribution in [1.82, 2.24) is 0 Å². The minimum Gasteiger partial charge on any atom is -0.492 e. The molecule has 1 N–H and O–H groups in total. The summed E-state index contributed by atoms with van der Waals surface area (Å²) in [7, 11) is 0. The monoisotopic (exact) mass is 430 g/mol. The maximum Gasteiger partial charge on any atom is 0.328 e. The van der Waals surface area contributed by atoms with Crippen LogP contribution in [-0.4, -0.2) is 23.3 Å². The summed E-state index contributed by atoms with van der Waals surface area (Å²) in [6, 6.07) is 2.08. The van der Waals surface area contributed by atoms with E-state index in [9.17, 15) is 4.79 Å². The molecule has 1 aliphatic rings. The van der Waals surface area contributed by atoms with Crippen molar-refractivity contribution >= 4 is 28.7 Å². The lowest BCUT2D eigenvalue weighted by Gasteiger charge is -2.34. The third-order valence-corrected chi connectivity index (χ3v) is 5.09. The van der Waals surface area contributed by atoms with Crippen molar-refractivity contribution in [1.29, 1.82) is 0 Å². The lowest BCUT2D eigenvalue weighted by Crippen LogP contribution is -2.30. The predicted molar refractivity (Wildman–Crippen MR) is 124 cm³/mol. The summed E-state index contributed by atoms with van der Waals surface area (Å²) in [6.07, 6.45) is 8.82. The van der Waals surface area contributed by atoms with Gasteiger partial charge in [0.1, 0.15) is 16.4 Å². The molecule has 4 nitrogen and oxygen atoms in total. The van der Waals surface area contributed by atoms with Crippen molar-refractivity contribution in [3.63, 3.8) is 0 Å². The van der Waals surface area contributed by atoms with Crippen LogP contribution in [0.2, 0.25) is 5.02 Å². The Kier molecular flexibility index (Phi) is 7.59. The van der Waals surface area contributed by atoms with Crippen LogP contribution < -0.4 is 9.47 Å². The second-order valence-electron chi connectivity index (χ2n) is 8.27. The SMILES string of the molecule is CCOc1c(\C(C)=C/C=C/C(C)=C/C(=O)O)cc2c(c1Cl)OC(C)(C)C=C2C(C)C. The van der Waals surface area contributed by atoms with Crippen LogP contribution >= 0.6 is 11.6 Å². The van der Waals surface area contributed by atoms with Crippen molar-refractivity contribution in [3.8, 4) is 11.5 Å². The number of benzene rings is 1. The molecular weight excluding hydrogens is 400 g/mol. The molecule has 0 amide bonds. The van der Waals surface area contributed by atoms with E-state index in [1.54, 1.807) is 13.0 Å². The van der Waals surface area contributed by atoms with E-state index >= 15 is 0 Å². The standard InChI is InChI=1S/C25H31ClO4/c1-8-29-23-18(17(5)11-9-10-16(4)12-21(27)28)13-19-20(15(2)3)14-25(6,7)30-24(19)22(23)26/h9-15H,8H2,1-7H3,(H,27,28)/b10-9+,16-12+,17-11-. The molecule has 1 aromatic rings. The summed E-state index contributed by atoms with van der Waals surface area (Å²) in [5, 5.41) is 9.32. The van der Waals surface area contributed by atoms with Gasteiger partial charge in [0.05, 0.1) is 6.61 Å². The van der Waals surface area contributed by atoms with Gasteiger partial charge in [-0.1, -0.05) is 43.7 Å². The van der Waals surface area contributed by atoms with Crippen molar-refractivity contribution < 1.29 is 19.4 Å². The smallest absolute Gasteiger partial charge is 0.328 e. The molecule has 0 spiro atoms. The molecule has 2 rings (SSSR count). The third-order valence-electron chi connectivity index (χ3n) is 4.75. The van der Waals surface area contributed by atoms with Gasteiger partial charge in [-0.2, -0.15) is 0 Å². The first-order chi connectivity index (χ1) is 14.0. The van der Waals surface area contributed by atoms with E-state index < -0.39 is 11.6 Å². The lowest BCUT2D eigenvalue weighted by molar-refractivity contribution is -0.131. The quantitative estimate of drug-likeness (QED) is 0.376. The number of fused-ring (bicyclic) bond motifs is 1. The highest BCUT2D eigenvalue weighted by Crippen LogP contribution is 2.49. The molecule has 0 aromatic heterocycles. The fourth-order valence-electron chi connectivity index (χ4n) is 3.41. The summed E-state index contributed by atoms with van der Waals surface area (Å²) in [6.45, 7) is 14.5. The average Bonchev–Trinajstić information content (AvgIpc) is 2.62. The molecule has 0 atom stereocenters. The zero-order valence-corrected chi connectivity index (χ0v) is 19.6. The summed E-state index contributed by atoms with van der Waals surface area (Å²) in [5.41, 5.74) is 4.21. The molecule has 1 aromatic carbocycles. The minimum atomic E-state index is -0.964. The van der Waals surface area contributed by atoms with Crippen LogP contribution in [0.5, 0.6) is 11.5 Å². The number of hydrogen-bond acceptors (Lipinski definition) is 3. The molecule has 1 heterocycles. The van der Waals surface area contributed by atoms with Crippen molar-refractivity contribution in [2.45, 2.75) is 54.1 Å². The Morgan fingerprint density at radius 1 is 1.33 bits per heavy atom. The number of ether oxygens (including phenoxy) is 2. The first kappa shape index (κ1) is 23.8. The molecule has 0 aliphatic carbocycles. The average molecular weight is 431 g/mol. The van der Waals surface area contributed by atoms with Gasteiger partial charge >= 0.3 is 5.97 Å². The van der Waals surface area contributed by atoms with Gasteiger partial charge in [0.25, 0.3) is 0 Å². The number of aliphatic carboxylic acids is 1. The van der Waals surface area contributed by atoms with Crippen LogP contribution in [0.3, 0.4) is 0 Å². The topological polar surface area (TPSA) is 55.8 Å². The van der Waals surface area contributed by atoms with E-state index in [1.807, 2.05) is 39.8 Å². The molecule has 5 heteroatoms. The molecule has 30 heavy (non-hydrogen) atoms. The molecule has 162 valence electrons. The van der Waals surface area contributed by atoms with E-state index in [1.165, 1.54) is 11.6 Å². The van der Waals surface area contributed by atoms with Crippen molar-refractivity contribution in [2.24, 2.45) is 5.92 Å². The normalized spacial score (nSPS) is 16.4. The van der Waals surface area contributed by atoms with E-state index in [0.717, 1.165) is 16.7 Å². The highest BCUT2D eigenvalue weighted by molar-refractivity contribution is 6.34. The number of carbonyl (C=O) groups is 1. The number of rotatable bonds is 7. The molecule has 0 saturated heterocycles. The number of carboxylic acid groups (broad SMARTS) is 1.